The van der Waals surface area contributed by atoms with Crippen LogP contribution in [0.3, 0.4) is 0 Å². The van der Waals surface area contributed by atoms with Crippen molar-refractivity contribution >= 4 is 29.0 Å². The molecule has 0 bridgehead atoms. The second-order valence-corrected chi connectivity index (χ2v) is 9.63. The third-order valence-electron chi connectivity index (χ3n) is 6.49. The van der Waals surface area contributed by atoms with Gasteiger partial charge in [0.15, 0.2) is 0 Å². The van der Waals surface area contributed by atoms with Crippen LogP contribution in [0.15, 0.2) is 0 Å². The van der Waals surface area contributed by atoms with Crippen molar-refractivity contribution in [3.05, 3.63) is 0 Å². The summed E-state index contributed by atoms with van der Waals surface area (Å²) in [5, 5.41) is 8.60. The highest BCUT2D eigenvalue weighted by Gasteiger charge is 1.97. The molecule has 0 saturated heterocycles. The van der Waals surface area contributed by atoms with Gasteiger partial charge in [-0.15, -0.1) is 0 Å². The zero-order chi connectivity index (χ0) is 22.0. The number of carboxylic acids is 1. The molecule has 0 rings (SSSR count). The Hall–Kier alpha value is 0.236. The van der Waals surface area contributed by atoms with Crippen LogP contribution >= 0.6 is 0 Å². The molecule has 0 atom stereocenters. The Balaban J connectivity index is 0. The van der Waals surface area contributed by atoms with E-state index in [1.54, 1.807) is 0 Å². The van der Waals surface area contributed by atoms with Crippen molar-refractivity contribution in [1.82, 2.24) is 0 Å². The monoisotopic (exact) mass is 448 g/mol. The van der Waals surface area contributed by atoms with Crippen LogP contribution in [0.2, 0.25) is 0 Å². The number of carboxylic acid groups (broad SMARTS) is 1. The molecule has 0 aliphatic rings. The van der Waals surface area contributed by atoms with Crippen molar-refractivity contribution < 1.29 is 9.90 Å². The van der Waals surface area contributed by atoms with Crippen molar-refractivity contribution in [3.63, 3.8) is 0 Å². The minimum absolute atomic E-state index is 0. The van der Waals surface area contributed by atoms with Gasteiger partial charge in [-0.2, -0.15) is 0 Å². The largest absolute Gasteiger partial charge is 0.481 e. The summed E-state index contributed by atoms with van der Waals surface area (Å²) >= 11 is 0. The molecular weight excluding hydrogens is 393 g/mol. The van der Waals surface area contributed by atoms with E-state index in [9.17, 15) is 4.79 Å². The SMILES string of the molecule is CCCCCCCCCCCCCCCCCCCCCCCCCCCC(=O)O.[Mg]. The van der Waals surface area contributed by atoms with Crippen molar-refractivity contribution in [2.45, 2.75) is 174 Å². The van der Waals surface area contributed by atoms with Gasteiger partial charge in [-0.1, -0.05) is 161 Å². The van der Waals surface area contributed by atoms with Gasteiger partial charge in [0.05, 0.1) is 0 Å². The van der Waals surface area contributed by atoms with E-state index in [0.717, 1.165) is 12.8 Å². The quantitative estimate of drug-likeness (QED) is 0.105. The molecule has 0 amide bonds. The van der Waals surface area contributed by atoms with E-state index in [2.05, 4.69) is 6.92 Å². The van der Waals surface area contributed by atoms with Gasteiger partial charge in [0, 0.05) is 29.5 Å². The summed E-state index contributed by atoms with van der Waals surface area (Å²) in [5.41, 5.74) is 0. The van der Waals surface area contributed by atoms with Crippen LogP contribution in [-0.4, -0.2) is 34.1 Å². The topological polar surface area (TPSA) is 37.3 Å². The molecule has 0 unspecified atom stereocenters. The molecule has 0 spiro atoms. The first-order valence-corrected chi connectivity index (χ1v) is 14.0. The number of aliphatic carboxylic acids is 1. The Morgan fingerprint density at radius 1 is 0.419 bits per heavy atom. The van der Waals surface area contributed by atoms with Crippen LogP contribution in [-0.2, 0) is 4.79 Å². The Kier molecular flexibility index (Phi) is 32.6. The Morgan fingerprint density at radius 3 is 0.806 bits per heavy atom. The molecule has 3 heteroatoms. The molecule has 2 nitrogen and oxygen atoms in total. The van der Waals surface area contributed by atoms with E-state index in [4.69, 9.17) is 5.11 Å². The lowest BCUT2D eigenvalue weighted by Gasteiger charge is -2.04. The first-order chi connectivity index (χ1) is 14.8. The van der Waals surface area contributed by atoms with Crippen LogP contribution < -0.4 is 0 Å². The number of hydrogen-bond acceptors (Lipinski definition) is 1. The molecule has 0 heterocycles. The molecule has 0 saturated carbocycles. The second kappa shape index (κ2) is 30.2. The zero-order valence-corrected chi connectivity index (χ0v) is 22.9. The maximum absolute atomic E-state index is 10.4. The summed E-state index contributed by atoms with van der Waals surface area (Å²) in [6.07, 6.45) is 35.0. The van der Waals surface area contributed by atoms with E-state index >= 15 is 0 Å². The molecule has 182 valence electrons. The lowest BCUT2D eigenvalue weighted by molar-refractivity contribution is -0.137. The first-order valence-electron chi connectivity index (χ1n) is 14.0. The summed E-state index contributed by atoms with van der Waals surface area (Å²) in [7, 11) is 0. The Morgan fingerprint density at radius 2 is 0.613 bits per heavy atom. The molecule has 2 radical (unpaired) electrons. The van der Waals surface area contributed by atoms with Crippen LogP contribution in [0.4, 0.5) is 0 Å². The maximum atomic E-state index is 10.4. The highest BCUT2D eigenvalue weighted by atomic mass is 24.3. The van der Waals surface area contributed by atoms with Crippen molar-refractivity contribution in [2.75, 3.05) is 0 Å². The summed E-state index contributed by atoms with van der Waals surface area (Å²) in [5.74, 6) is -0.649. The van der Waals surface area contributed by atoms with Gasteiger partial charge in [0.2, 0.25) is 0 Å². The molecule has 0 aliphatic heterocycles. The van der Waals surface area contributed by atoms with E-state index in [0.29, 0.717) is 6.42 Å². The standard InChI is InChI=1S/C28H56O2.Mg/c1-2-3-4-5-6-7-8-9-10-11-12-13-14-15-16-17-18-19-20-21-22-23-24-25-26-27-28(29)30;/h2-27H2,1H3,(H,29,30);. The van der Waals surface area contributed by atoms with Crippen LogP contribution in [0, 0.1) is 0 Å². The lowest BCUT2D eigenvalue weighted by Crippen LogP contribution is -1.93. The van der Waals surface area contributed by atoms with Gasteiger partial charge < -0.3 is 5.11 Å². The van der Waals surface area contributed by atoms with E-state index in [-0.39, 0.29) is 23.1 Å². The van der Waals surface area contributed by atoms with Crippen molar-refractivity contribution in [1.29, 1.82) is 0 Å². The minimum Gasteiger partial charge on any atom is -0.481 e. The summed E-state index contributed by atoms with van der Waals surface area (Å²) in [6.45, 7) is 2.29. The third kappa shape index (κ3) is 32.5. The normalized spacial score (nSPS) is 10.9. The summed E-state index contributed by atoms with van der Waals surface area (Å²) < 4.78 is 0. The van der Waals surface area contributed by atoms with Crippen LogP contribution in [0.1, 0.15) is 174 Å². The fraction of sp³-hybridized carbons (Fsp3) is 0.964. The highest BCUT2D eigenvalue weighted by Crippen LogP contribution is 2.15. The lowest BCUT2D eigenvalue weighted by atomic mass is 10.0. The van der Waals surface area contributed by atoms with Gasteiger partial charge >= 0.3 is 5.97 Å². The fourth-order valence-electron chi connectivity index (χ4n) is 4.42. The average Bonchev–Trinajstić information content (AvgIpc) is 2.73. The highest BCUT2D eigenvalue weighted by molar-refractivity contribution is 5.75. The Labute approximate surface area is 212 Å². The van der Waals surface area contributed by atoms with Crippen molar-refractivity contribution in [2.24, 2.45) is 0 Å². The van der Waals surface area contributed by atoms with Gasteiger partial charge in [0.1, 0.15) is 0 Å². The third-order valence-corrected chi connectivity index (χ3v) is 6.49. The van der Waals surface area contributed by atoms with Gasteiger partial charge in [-0.25, -0.2) is 0 Å². The average molecular weight is 449 g/mol. The Bertz CT molecular complexity index is 333. The van der Waals surface area contributed by atoms with E-state index < -0.39 is 5.97 Å². The smallest absolute Gasteiger partial charge is 0.303 e. The molecule has 0 aromatic heterocycles. The minimum atomic E-state index is -0.649. The maximum Gasteiger partial charge on any atom is 0.303 e. The van der Waals surface area contributed by atoms with Gasteiger partial charge in [0.25, 0.3) is 0 Å². The number of rotatable bonds is 26. The molecular formula is C28H56MgO2. The van der Waals surface area contributed by atoms with Crippen molar-refractivity contribution in [3.8, 4) is 0 Å². The summed E-state index contributed by atoms with van der Waals surface area (Å²) in [4.78, 5) is 10.4. The van der Waals surface area contributed by atoms with Gasteiger partial charge in [-0.05, 0) is 6.42 Å². The van der Waals surface area contributed by atoms with Crippen LogP contribution in [0.5, 0.6) is 0 Å². The molecule has 31 heavy (non-hydrogen) atoms. The van der Waals surface area contributed by atoms with Gasteiger partial charge in [-0.3, -0.25) is 4.79 Å². The number of unbranched alkanes of at least 4 members (excludes halogenated alkanes) is 24. The zero-order valence-electron chi connectivity index (χ0n) is 21.4. The predicted octanol–water partition coefficient (Wildman–Crippen LogP) is 9.85. The fourth-order valence-corrected chi connectivity index (χ4v) is 4.42. The predicted molar refractivity (Wildman–Crippen MR) is 139 cm³/mol. The molecule has 0 aromatic carbocycles. The number of carbonyl (C=O) groups is 1. The van der Waals surface area contributed by atoms with E-state index in [1.807, 2.05) is 0 Å². The van der Waals surface area contributed by atoms with E-state index in [1.165, 1.54) is 148 Å². The molecule has 0 aliphatic carbocycles. The summed E-state index contributed by atoms with van der Waals surface area (Å²) in [6, 6.07) is 0. The van der Waals surface area contributed by atoms with Crippen LogP contribution in [0.25, 0.3) is 0 Å². The molecule has 0 aromatic rings. The molecule has 0 fully saturated rings. The first kappa shape index (κ1) is 33.4. The second-order valence-electron chi connectivity index (χ2n) is 9.63. The number of hydrogen-bond donors (Lipinski definition) is 1. The molecule has 1 N–H and O–H groups in total.